The Morgan fingerprint density at radius 3 is 2.07 bits per heavy atom. The topological polar surface area (TPSA) is 75.7 Å². The van der Waals surface area contributed by atoms with Gasteiger partial charge in [-0.15, -0.1) is 0 Å². The number of aryl methyl sites for hydroxylation is 3. The van der Waals surface area contributed by atoms with Crippen LogP contribution in [0.5, 0.6) is 11.5 Å². The van der Waals surface area contributed by atoms with Crippen LogP contribution in [0.15, 0.2) is 60.7 Å². The molecule has 0 saturated heterocycles. The van der Waals surface area contributed by atoms with E-state index in [-0.39, 0.29) is 46.8 Å². The summed E-state index contributed by atoms with van der Waals surface area (Å²) in [5.41, 5.74) is 3.60. The van der Waals surface area contributed by atoms with Crippen LogP contribution < -0.4 is 43.5 Å². The van der Waals surface area contributed by atoms with E-state index >= 15 is 0 Å². The molecule has 0 aliphatic rings. The van der Waals surface area contributed by atoms with E-state index in [1.54, 1.807) is 6.07 Å². The molecule has 0 aliphatic heterocycles. The molecule has 0 heterocycles. The van der Waals surface area contributed by atoms with Gasteiger partial charge in [0.15, 0.2) is 5.78 Å². The molecular formula is C22H19FNaO5P. The van der Waals surface area contributed by atoms with Crippen LogP contribution in [0.4, 0.5) is 4.39 Å². The van der Waals surface area contributed by atoms with E-state index in [2.05, 4.69) is 0 Å². The van der Waals surface area contributed by atoms with E-state index in [1.807, 2.05) is 32.9 Å². The summed E-state index contributed by atoms with van der Waals surface area (Å²) in [6, 6.07) is 14.2. The molecule has 0 radical (unpaired) electrons. The van der Waals surface area contributed by atoms with E-state index in [9.17, 15) is 18.6 Å². The number of phosphoric acid groups is 1. The molecule has 0 spiro atoms. The van der Waals surface area contributed by atoms with Crippen molar-refractivity contribution in [2.45, 2.75) is 20.8 Å². The molecule has 0 aliphatic carbocycles. The van der Waals surface area contributed by atoms with Gasteiger partial charge in [0.1, 0.15) is 17.3 Å². The summed E-state index contributed by atoms with van der Waals surface area (Å²) in [6.45, 7) is 5.67. The first kappa shape index (κ1) is 24.3. The predicted molar refractivity (Wildman–Crippen MR) is 106 cm³/mol. The summed E-state index contributed by atoms with van der Waals surface area (Å²) < 4.78 is 34.9. The number of halogens is 1. The molecule has 0 N–H and O–H groups in total. The third-order valence-corrected chi connectivity index (χ3v) is 5.12. The number of carbonyl (C=O) groups excluding carboxylic acids is 1. The van der Waals surface area contributed by atoms with Crippen molar-refractivity contribution in [3.63, 3.8) is 0 Å². The van der Waals surface area contributed by atoms with Gasteiger partial charge in [0, 0.05) is 11.1 Å². The van der Waals surface area contributed by atoms with Crippen molar-refractivity contribution < 1.29 is 57.2 Å². The standard InChI is InChI=1S/C22H20FO5P.Na/c1-14-11-15(2)21(16(3)12-14)22(24)17-5-4-6-20(13-17)28-29(25,26)27-19-9-7-18(23)8-10-19;/h4-13H,1-3H3,(H,25,26);/q;+1/p-1. The number of hydrogen-bond acceptors (Lipinski definition) is 5. The normalized spacial score (nSPS) is 12.4. The fourth-order valence-corrected chi connectivity index (χ4v) is 3.94. The van der Waals surface area contributed by atoms with Gasteiger partial charge in [-0.3, -0.25) is 4.79 Å². The first-order valence-corrected chi connectivity index (χ1v) is 10.3. The van der Waals surface area contributed by atoms with Crippen LogP contribution in [-0.2, 0) is 4.57 Å². The molecule has 0 aromatic heterocycles. The molecule has 1 unspecified atom stereocenters. The molecule has 8 heteroatoms. The van der Waals surface area contributed by atoms with E-state index < -0.39 is 13.6 Å². The van der Waals surface area contributed by atoms with Gasteiger partial charge in [-0.25, -0.2) is 8.96 Å². The largest absolute Gasteiger partial charge is 1.00 e. The number of rotatable bonds is 6. The summed E-state index contributed by atoms with van der Waals surface area (Å²) in [7, 11) is -4.78. The molecule has 150 valence electrons. The second kappa shape index (κ2) is 9.90. The summed E-state index contributed by atoms with van der Waals surface area (Å²) in [5, 5.41) is 0. The molecular weight excluding hydrogens is 417 g/mol. The van der Waals surface area contributed by atoms with Gasteiger partial charge < -0.3 is 13.9 Å². The minimum atomic E-state index is -4.78. The summed E-state index contributed by atoms with van der Waals surface area (Å²) in [6.07, 6.45) is 0. The van der Waals surface area contributed by atoms with Crippen LogP contribution in [0.1, 0.15) is 32.6 Å². The maximum atomic E-state index is 13.0. The molecule has 3 aromatic rings. The molecule has 0 fully saturated rings. The van der Waals surface area contributed by atoms with Gasteiger partial charge in [-0.1, -0.05) is 29.8 Å². The van der Waals surface area contributed by atoms with Gasteiger partial charge in [0.2, 0.25) is 0 Å². The summed E-state index contributed by atoms with van der Waals surface area (Å²) >= 11 is 0. The van der Waals surface area contributed by atoms with Crippen molar-refractivity contribution in [1.82, 2.24) is 0 Å². The van der Waals surface area contributed by atoms with E-state index in [0.29, 0.717) is 11.1 Å². The monoisotopic (exact) mass is 436 g/mol. The second-order valence-corrected chi connectivity index (χ2v) is 7.97. The number of ketones is 1. The van der Waals surface area contributed by atoms with Crippen molar-refractivity contribution in [2.24, 2.45) is 0 Å². The van der Waals surface area contributed by atoms with Crippen LogP contribution >= 0.6 is 7.82 Å². The molecule has 0 amide bonds. The van der Waals surface area contributed by atoms with Crippen LogP contribution in [0, 0.1) is 26.6 Å². The van der Waals surface area contributed by atoms with Gasteiger partial charge in [0.25, 0.3) is 0 Å². The Morgan fingerprint density at radius 1 is 0.900 bits per heavy atom. The van der Waals surface area contributed by atoms with E-state index in [1.165, 1.54) is 30.3 Å². The smallest absolute Gasteiger partial charge is 0.736 e. The third-order valence-electron chi connectivity index (χ3n) is 4.25. The average Bonchev–Trinajstić information content (AvgIpc) is 2.62. The number of hydrogen-bond donors (Lipinski definition) is 0. The number of benzene rings is 3. The van der Waals surface area contributed by atoms with Gasteiger partial charge in [-0.05, 0) is 68.3 Å². The van der Waals surface area contributed by atoms with Crippen LogP contribution in [0.3, 0.4) is 0 Å². The van der Waals surface area contributed by atoms with Gasteiger partial charge >= 0.3 is 37.4 Å². The van der Waals surface area contributed by atoms with Crippen LogP contribution in [-0.4, -0.2) is 5.78 Å². The maximum absolute atomic E-state index is 13.0. The Kier molecular flexibility index (Phi) is 8.03. The zero-order valence-electron chi connectivity index (χ0n) is 17.1. The summed E-state index contributed by atoms with van der Waals surface area (Å²) in [5.74, 6) is -0.890. The zero-order chi connectivity index (χ0) is 21.2. The van der Waals surface area contributed by atoms with Crippen LogP contribution in [0.2, 0.25) is 0 Å². The van der Waals surface area contributed by atoms with Crippen molar-refractivity contribution in [3.05, 3.63) is 94.3 Å². The van der Waals surface area contributed by atoms with E-state index in [0.717, 1.165) is 28.8 Å². The Morgan fingerprint density at radius 2 is 1.47 bits per heavy atom. The predicted octanol–water partition coefficient (Wildman–Crippen LogP) is 1.91. The molecule has 5 nitrogen and oxygen atoms in total. The quantitative estimate of drug-likeness (QED) is 0.335. The average molecular weight is 436 g/mol. The molecule has 1 atom stereocenters. The van der Waals surface area contributed by atoms with Gasteiger partial charge in [0.05, 0.1) is 0 Å². The molecule has 3 aromatic carbocycles. The van der Waals surface area contributed by atoms with Crippen LogP contribution in [0.25, 0.3) is 0 Å². The fraction of sp³-hybridized carbons (Fsp3) is 0.136. The zero-order valence-corrected chi connectivity index (χ0v) is 20.0. The Bertz CT molecular complexity index is 1090. The first-order chi connectivity index (χ1) is 13.6. The third kappa shape index (κ3) is 6.03. The number of phosphoric ester groups is 1. The van der Waals surface area contributed by atoms with Crippen molar-refractivity contribution >= 4 is 13.6 Å². The number of carbonyl (C=O) groups is 1. The Balaban J connectivity index is 0.00000320. The maximum Gasteiger partial charge on any atom is 1.00 e. The molecule has 0 saturated carbocycles. The summed E-state index contributed by atoms with van der Waals surface area (Å²) in [4.78, 5) is 25.1. The van der Waals surface area contributed by atoms with Crippen molar-refractivity contribution in [2.75, 3.05) is 0 Å². The molecule has 3 rings (SSSR count). The van der Waals surface area contributed by atoms with E-state index in [4.69, 9.17) is 9.05 Å². The van der Waals surface area contributed by atoms with Crippen molar-refractivity contribution in [1.29, 1.82) is 0 Å². The van der Waals surface area contributed by atoms with Gasteiger partial charge in [-0.2, -0.15) is 0 Å². The fourth-order valence-electron chi connectivity index (χ4n) is 3.15. The minimum absolute atomic E-state index is 0. The second-order valence-electron chi connectivity index (χ2n) is 6.71. The van der Waals surface area contributed by atoms with Crippen molar-refractivity contribution in [3.8, 4) is 11.5 Å². The Labute approximate surface area is 196 Å². The Hall–Kier alpha value is -1.95. The molecule has 0 bridgehead atoms. The SMILES string of the molecule is Cc1cc(C)c(C(=O)c2cccc(OP(=O)([O-])Oc3ccc(F)cc3)c2)c(C)c1.[Na+]. The first-order valence-electron chi connectivity index (χ1n) is 8.83. The minimum Gasteiger partial charge on any atom is -0.736 e. The molecule has 30 heavy (non-hydrogen) atoms.